The van der Waals surface area contributed by atoms with Crippen LogP contribution in [0.3, 0.4) is 0 Å². The molecule has 0 radical (unpaired) electrons. The number of fused-ring (bicyclic) bond motifs is 1. The molecule has 4 rings (SSSR count). The van der Waals surface area contributed by atoms with Gasteiger partial charge < -0.3 is 10.1 Å². The SMILES string of the molecule is COCCCN1C(=O)c2ccc(C(=O)Nc3cccc(Cn4cccn4)c3)cc2C1=O. The van der Waals surface area contributed by atoms with Crippen LogP contribution in [-0.2, 0) is 11.3 Å². The number of methoxy groups -OCH3 is 1. The zero-order valence-corrected chi connectivity index (χ0v) is 17.1. The van der Waals surface area contributed by atoms with Crippen molar-refractivity contribution in [3.63, 3.8) is 0 Å². The van der Waals surface area contributed by atoms with E-state index in [-0.39, 0.29) is 29.8 Å². The molecule has 1 aliphatic heterocycles. The summed E-state index contributed by atoms with van der Waals surface area (Å²) < 4.78 is 6.78. The van der Waals surface area contributed by atoms with Crippen molar-refractivity contribution in [2.45, 2.75) is 13.0 Å². The Labute approximate surface area is 179 Å². The molecule has 2 heterocycles. The Balaban J connectivity index is 1.47. The third-order valence-corrected chi connectivity index (χ3v) is 5.05. The summed E-state index contributed by atoms with van der Waals surface area (Å²) in [4.78, 5) is 39.1. The molecule has 3 aromatic rings. The molecule has 0 saturated carbocycles. The summed E-state index contributed by atoms with van der Waals surface area (Å²) in [7, 11) is 1.57. The minimum Gasteiger partial charge on any atom is -0.385 e. The van der Waals surface area contributed by atoms with Gasteiger partial charge >= 0.3 is 0 Å². The van der Waals surface area contributed by atoms with Gasteiger partial charge in [0.25, 0.3) is 17.7 Å². The summed E-state index contributed by atoms with van der Waals surface area (Å²) in [5.41, 5.74) is 2.51. The number of rotatable bonds is 8. The molecule has 0 saturated heterocycles. The maximum absolute atomic E-state index is 12.8. The highest BCUT2D eigenvalue weighted by Crippen LogP contribution is 2.25. The van der Waals surface area contributed by atoms with Crippen molar-refractivity contribution in [2.24, 2.45) is 0 Å². The fourth-order valence-corrected chi connectivity index (χ4v) is 3.53. The molecule has 8 nitrogen and oxygen atoms in total. The molecule has 0 spiro atoms. The largest absolute Gasteiger partial charge is 0.385 e. The lowest BCUT2D eigenvalue weighted by atomic mass is 10.1. The minimum absolute atomic E-state index is 0.252. The molecule has 3 amide bonds. The van der Waals surface area contributed by atoms with E-state index in [4.69, 9.17) is 4.74 Å². The molecule has 8 heteroatoms. The van der Waals surface area contributed by atoms with E-state index in [1.165, 1.54) is 17.0 Å². The first kappa shape index (κ1) is 20.5. The summed E-state index contributed by atoms with van der Waals surface area (Å²) in [6.07, 6.45) is 4.14. The molecule has 1 aromatic heterocycles. The van der Waals surface area contributed by atoms with Crippen LogP contribution in [0.4, 0.5) is 5.69 Å². The first-order valence-corrected chi connectivity index (χ1v) is 9.93. The second-order valence-electron chi connectivity index (χ2n) is 7.23. The molecule has 0 unspecified atom stereocenters. The number of amides is 3. The van der Waals surface area contributed by atoms with Crippen molar-refractivity contribution in [3.05, 3.63) is 83.2 Å². The lowest BCUT2D eigenvalue weighted by Gasteiger charge is -2.12. The van der Waals surface area contributed by atoms with E-state index in [1.54, 1.807) is 30.1 Å². The Morgan fingerprint density at radius 1 is 1.06 bits per heavy atom. The fourth-order valence-electron chi connectivity index (χ4n) is 3.53. The number of hydrogen-bond donors (Lipinski definition) is 1. The predicted octanol–water partition coefficient (Wildman–Crippen LogP) is 2.82. The van der Waals surface area contributed by atoms with Gasteiger partial charge in [-0.25, -0.2) is 0 Å². The van der Waals surface area contributed by atoms with Crippen LogP contribution in [-0.4, -0.2) is 52.7 Å². The van der Waals surface area contributed by atoms with Gasteiger partial charge in [-0.3, -0.25) is 24.0 Å². The van der Waals surface area contributed by atoms with E-state index in [0.717, 1.165) is 5.56 Å². The number of nitrogens with zero attached hydrogens (tertiary/aromatic N) is 3. The van der Waals surface area contributed by atoms with Crippen molar-refractivity contribution in [2.75, 3.05) is 25.6 Å². The van der Waals surface area contributed by atoms with Crippen LogP contribution < -0.4 is 5.32 Å². The third-order valence-electron chi connectivity index (χ3n) is 5.05. The third kappa shape index (κ3) is 4.39. The van der Waals surface area contributed by atoms with E-state index >= 15 is 0 Å². The molecule has 2 aromatic carbocycles. The zero-order chi connectivity index (χ0) is 21.8. The Bertz CT molecular complexity index is 1120. The van der Waals surface area contributed by atoms with E-state index in [1.807, 2.05) is 30.5 Å². The second kappa shape index (κ2) is 8.93. The Morgan fingerprint density at radius 3 is 2.68 bits per heavy atom. The summed E-state index contributed by atoms with van der Waals surface area (Å²) >= 11 is 0. The monoisotopic (exact) mass is 418 g/mol. The first-order valence-electron chi connectivity index (χ1n) is 9.93. The van der Waals surface area contributed by atoms with Crippen LogP contribution in [0.2, 0.25) is 0 Å². The van der Waals surface area contributed by atoms with E-state index in [2.05, 4.69) is 10.4 Å². The van der Waals surface area contributed by atoms with Crippen molar-refractivity contribution >= 4 is 23.4 Å². The van der Waals surface area contributed by atoms with Gasteiger partial charge in [-0.05, 0) is 48.4 Å². The highest BCUT2D eigenvalue weighted by atomic mass is 16.5. The minimum atomic E-state index is -0.382. The molecular formula is C23H22N4O4. The van der Waals surface area contributed by atoms with Crippen LogP contribution in [0.15, 0.2) is 60.9 Å². The highest BCUT2D eigenvalue weighted by molar-refractivity contribution is 6.22. The van der Waals surface area contributed by atoms with Crippen LogP contribution in [0.25, 0.3) is 0 Å². The molecule has 31 heavy (non-hydrogen) atoms. The molecule has 0 atom stereocenters. The lowest BCUT2D eigenvalue weighted by molar-refractivity contribution is 0.0638. The number of imide groups is 1. The average molecular weight is 418 g/mol. The Hall–Kier alpha value is -3.78. The van der Waals surface area contributed by atoms with Crippen LogP contribution in [0.1, 0.15) is 43.1 Å². The number of aromatic nitrogens is 2. The smallest absolute Gasteiger partial charge is 0.261 e. The van der Waals surface area contributed by atoms with Gasteiger partial charge in [-0.15, -0.1) is 0 Å². The number of nitrogens with one attached hydrogen (secondary N) is 1. The first-order chi connectivity index (χ1) is 15.1. The van der Waals surface area contributed by atoms with Gasteiger partial charge in [0, 0.05) is 43.9 Å². The van der Waals surface area contributed by atoms with Gasteiger partial charge in [-0.1, -0.05) is 12.1 Å². The predicted molar refractivity (Wildman–Crippen MR) is 114 cm³/mol. The summed E-state index contributed by atoms with van der Waals surface area (Å²) in [5, 5.41) is 7.04. The van der Waals surface area contributed by atoms with Crippen LogP contribution in [0.5, 0.6) is 0 Å². The van der Waals surface area contributed by atoms with Gasteiger partial charge in [0.05, 0.1) is 17.7 Å². The van der Waals surface area contributed by atoms with E-state index in [0.29, 0.717) is 36.4 Å². The second-order valence-corrected chi connectivity index (χ2v) is 7.23. The number of ether oxygens (including phenoxy) is 1. The molecule has 0 aliphatic carbocycles. The molecular weight excluding hydrogens is 396 g/mol. The fraction of sp³-hybridized carbons (Fsp3) is 0.217. The zero-order valence-electron chi connectivity index (χ0n) is 17.1. The van der Waals surface area contributed by atoms with E-state index < -0.39 is 0 Å². The Kier molecular flexibility index (Phi) is 5.90. The van der Waals surface area contributed by atoms with Gasteiger partial charge in [0.1, 0.15) is 0 Å². The molecule has 1 N–H and O–H groups in total. The van der Waals surface area contributed by atoms with Crippen molar-refractivity contribution in [1.29, 1.82) is 0 Å². The van der Waals surface area contributed by atoms with Crippen LogP contribution >= 0.6 is 0 Å². The van der Waals surface area contributed by atoms with Crippen molar-refractivity contribution in [3.8, 4) is 0 Å². The number of carbonyl (C=O) groups is 3. The average Bonchev–Trinajstić information content (AvgIpc) is 3.36. The summed E-state index contributed by atoms with van der Waals surface area (Å²) in [6.45, 7) is 1.33. The molecule has 0 fully saturated rings. The molecule has 1 aliphatic rings. The normalized spacial score (nSPS) is 12.9. The lowest BCUT2D eigenvalue weighted by Crippen LogP contribution is -2.31. The van der Waals surface area contributed by atoms with Gasteiger partial charge in [-0.2, -0.15) is 5.10 Å². The summed E-state index contributed by atoms with van der Waals surface area (Å²) in [6, 6.07) is 13.9. The quantitative estimate of drug-likeness (QED) is 0.449. The Morgan fingerprint density at radius 2 is 1.90 bits per heavy atom. The highest BCUT2D eigenvalue weighted by Gasteiger charge is 2.35. The summed E-state index contributed by atoms with van der Waals surface area (Å²) in [5.74, 6) is -1.07. The maximum Gasteiger partial charge on any atom is 0.261 e. The van der Waals surface area contributed by atoms with Crippen molar-refractivity contribution in [1.82, 2.24) is 14.7 Å². The maximum atomic E-state index is 12.8. The molecule has 0 bridgehead atoms. The van der Waals surface area contributed by atoms with Gasteiger partial charge in [0.15, 0.2) is 0 Å². The number of benzene rings is 2. The van der Waals surface area contributed by atoms with Crippen LogP contribution in [0, 0.1) is 0 Å². The topological polar surface area (TPSA) is 93.5 Å². The van der Waals surface area contributed by atoms with E-state index in [9.17, 15) is 14.4 Å². The molecule has 158 valence electrons. The number of hydrogen-bond acceptors (Lipinski definition) is 5. The number of carbonyl (C=O) groups excluding carboxylic acids is 3. The van der Waals surface area contributed by atoms with Gasteiger partial charge in [0.2, 0.25) is 0 Å². The standard InChI is InChI=1S/C23H22N4O4/c1-31-12-4-11-27-22(29)19-8-7-17(14-20(19)23(27)30)21(28)25-18-6-2-5-16(13-18)15-26-10-3-9-24-26/h2-3,5-10,13-14H,4,11-12,15H2,1H3,(H,25,28). The number of anilines is 1. The van der Waals surface area contributed by atoms with Crippen molar-refractivity contribution < 1.29 is 19.1 Å².